The average Bonchev–Trinajstić information content (AvgIpc) is 2.29. The molecule has 5 nitrogen and oxygen atoms in total. The Morgan fingerprint density at radius 3 is 2.81 bits per heavy atom. The molecule has 1 unspecified atom stereocenters. The number of nitrogens with one attached hydrogen (secondary N) is 2. The zero-order valence-electron chi connectivity index (χ0n) is 9.45. The van der Waals surface area contributed by atoms with Gasteiger partial charge in [0.2, 0.25) is 5.91 Å². The van der Waals surface area contributed by atoms with Gasteiger partial charge in [0.15, 0.2) is 0 Å². The van der Waals surface area contributed by atoms with Gasteiger partial charge in [-0.25, -0.2) is 0 Å². The number of ether oxygens (including phenoxy) is 1. The van der Waals surface area contributed by atoms with Crippen molar-refractivity contribution in [3.63, 3.8) is 0 Å². The number of carbonyl (C=O) groups is 2. The lowest BCUT2D eigenvalue weighted by molar-refractivity contribution is -0.140. The molecule has 1 saturated heterocycles. The van der Waals surface area contributed by atoms with Crippen molar-refractivity contribution < 1.29 is 14.3 Å². The van der Waals surface area contributed by atoms with Crippen molar-refractivity contribution in [2.45, 2.75) is 19.3 Å². The van der Waals surface area contributed by atoms with E-state index in [9.17, 15) is 9.59 Å². The normalized spacial score (nSPS) is 19.4. The van der Waals surface area contributed by atoms with Crippen molar-refractivity contribution in [3.8, 4) is 0 Å². The van der Waals surface area contributed by atoms with Gasteiger partial charge in [-0.2, -0.15) is 0 Å². The van der Waals surface area contributed by atoms with Crippen molar-refractivity contribution in [1.82, 2.24) is 10.6 Å². The fraction of sp³-hybridized carbons (Fsp3) is 0.800. The molecule has 1 aliphatic heterocycles. The number of hydrogen-bond donors (Lipinski definition) is 2. The second-order valence-electron chi connectivity index (χ2n) is 3.66. The fourth-order valence-electron chi connectivity index (χ4n) is 1.61. The Morgan fingerprint density at radius 1 is 1.50 bits per heavy atom. The zero-order chi connectivity index (χ0) is 11.1. The molecule has 1 atom stereocenters. The largest absolute Gasteiger partial charge is 0.469 e. The quantitative estimate of drug-likeness (QED) is 0.694. The van der Waals surface area contributed by atoms with Gasteiger partial charge in [-0.1, -0.05) is 0 Å². The zero-order valence-corrected chi connectivity index (χ0v) is 10.3. The van der Waals surface area contributed by atoms with E-state index in [0.717, 1.165) is 25.9 Å². The lowest BCUT2D eigenvalue weighted by atomic mass is 9.99. The summed E-state index contributed by atoms with van der Waals surface area (Å²) in [7, 11) is 1.34. The molecule has 0 spiro atoms. The molecule has 6 heteroatoms. The SMILES string of the molecule is COC(=O)CCNC(=O)C1CCCNC1.Cl. The van der Waals surface area contributed by atoms with E-state index < -0.39 is 0 Å². The Labute approximate surface area is 102 Å². The molecule has 1 fully saturated rings. The molecule has 2 N–H and O–H groups in total. The summed E-state index contributed by atoms with van der Waals surface area (Å²) in [5.74, 6) is -0.209. The lowest BCUT2D eigenvalue weighted by Crippen LogP contribution is -2.41. The predicted molar refractivity (Wildman–Crippen MR) is 62.5 cm³/mol. The number of piperidine rings is 1. The molecule has 0 radical (unpaired) electrons. The van der Waals surface area contributed by atoms with Gasteiger partial charge in [-0.3, -0.25) is 9.59 Å². The van der Waals surface area contributed by atoms with Crippen LogP contribution in [0.3, 0.4) is 0 Å². The summed E-state index contributed by atoms with van der Waals surface area (Å²) < 4.78 is 4.47. The predicted octanol–water partition coefficient (Wildman–Crippen LogP) is 0.0871. The number of esters is 1. The number of halogens is 1. The maximum Gasteiger partial charge on any atom is 0.307 e. The highest BCUT2D eigenvalue weighted by Gasteiger charge is 2.20. The van der Waals surface area contributed by atoms with Crippen molar-refractivity contribution in [3.05, 3.63) is 0 Å². The van der Waals surface area contributed by atoms with E-state index >= 15 is 0 Å². The Kier molecular flexibility index (Phi) is 7.93. The Hall–Kier alpha value is -0.810. The van der Waals surface area contributed by atoms with Crippen molar-refractivity contribution in [1.29, 1.82) is 0 Å². The number of carbonyl (C=O) groups excluding carboxylic acids is 2. The van der Waals surface area contributed by atoms with E-state index in [4.69, 9.17) is 0 Å². The number of hydrogen-bond acceptors (Lipinski definition) is 4. The summed E-state index contributed by atoms with van der Waals surface area (Å²) in [6.07, 6.45) is 2.20. The molecule has 0 aromatic carbocycles. The van der Waals surface area contributed by atoms with Gasteiger partial charge in [0.1, 0.15) is 0 Å². The lowest BCUT2D eigenvalue weighted by Gasteiger charge is -2.21. The number of methoxy groups -OCH3 is 1. The molecule has 94 valence electrons. The molecule has 16 heavy (non-hydrogen) atoms. The second kappa shape index (κ2) is 8.35. The summed E-state index contributed by atoms with van der Waals surface area (Å²) in [6, 6.07) is 0. The smallest absolute Gasteiger partial charge is 0.307 e. The molecule has 1 rings (SSSR count). The Bertz CT molecular complexity index is 230. The maximum absolute atomic E-state index is 11.6. The molecule has 0 aliphatic carbocycles. The Balaban J connectivity index is 0.00000225. The molecule has 0 bridgehead atoms. The third kappa shape index (κ3) is 5.32. The van der Waals surface area contributed by atoms with Crippen molar-refractivity contribution in [2.24, 2.45) is 5.92 Å². The summed E-state index contributed by atoms with van der Waals surface area (Å²) in [5, 5.41) is 5.91. The van der Waals surface area contributed by atoms with E-state index in [1.54, 1.807) is 0 Å². The number of rotatable bonds is 4. The van der Waals surface area contributed by atoms with Crippen LogP contribution in [0.5, 0.6) is 0 Å². The molecule has 0 aromatic heterocycles. The first-order valence-electron chi connectivity index (χ1n) is 5.29. The monoisotopic (exact) mass is 250 g/mol. The van der Waals surface area contributed by atoms with Crippen LogP contribution >= 0.6 is 12.4 Å². The van der Waals surface area contributed by atoms with Gasteiger partial charge < -0.3 is 15.4 Å². The molecule has 1 aliphatic rings. The molecule has 1 heterocycles. The van der Waals surface area contributed by atoms with E-state index in [0.29, 0.717) is 6.54 Å². The van der Waals surface area contributed by atoms with Crippen LogP contribution < -0.4 is 10.6 Å². The fourth-order valence-corrected chi connectivity index (χ4v) is 1.61. The highest BCUT2D eigenvalue weighted by molar-refractivity contribution is 5.85. The Morgan fingerprint density at radius 2 is 2.25 bits per heavy atom. The average molecular weight is 251 g/mol. The first-order chi connectivity index (χ1) is 7.24. The molecule has 0 saturated carbocycles. The molecule has 1 amide bonds. The first-order valence-corrected chi connectivity index (χ1v) is 5.29. The van der Waals surface area contributed by atoms with Crippen LogP contribution in [-0.4, -0.2) is 38.6 Å². The topological polar surface area (TPSA) is 67.4 Å². The van der Waals surface area contributed by atoms with Crippen LogP contribution in [0.2, 0.25) is 0 Å². The minimum Gasteiger partial charge on any atom is -0.469 e. The van der Waals surface area contributed by atoms with Gasteiger partial charge in [0.25, 0.3) is 0 Å². The first kappa shape index (κ1) is 15.2. The molecular weight excluding hydrogens is 232 g/mol. The van der Waals surface area contributed by atoms with Crippen LogP contribution in [0.25, 0.3) is 0 Å². The highest BCUT2D eigenvalue weighted by Crippen LogP contribution is 2.09. The second-order valence-corrected chi connectivity index (χ2v) is 3.66. The van der Waals surface area contributed by atoms with Gasteiger partial charge in [0.05, 0.1) is 19.4 Å². The van der Waals surface area contributed by atoms with Crippen LogP contribution in [0.4, 0.5) is 0 Å². The summed E-state index contributed by atoms with van der Waals surface area (Å²) in [5.41, 5.74) is 0. The van der Waals surface area contributed by atoms with E-state index in [-0.39, 0.29) is 36.6 Å². The van der Waals surface area contributed by atoms with E-state index in [1.807, 2.05) is 0 Å². The standard InChI is InChI=1S/C10H18N2O3.ClH/c1-15-9(13)4-6-12-10(14)8-3-2-5-11-7-8;/h8,11H,2-7H2,1H3,(H,12,14);1H. The minimum absolute atomic E-state index is 0. The van der Waals surface area contributed by atoms with Crippen LogP contribution in [0, 0.1) is 5.92 Å². The van der Waals surface area contributed by atoms with Gasteiger partial charge in [-0.15, -0.1) is 12.4 Å². The van der Waals surface area contributed by atoms with Gasteiger partial charge >= 0.3 is 5.97 Å². The molecular formula is C10H19ClN2O3. The van der Waals surface area contributed by atoms with Gasteiger partial charge in [0, 0.05) is 13.1 Å². The summed E-state index contributed by atoms with van der Waals surface area (Å²) >= 11 is 0. The van der Waals surface area contributed by atoms with Crippen molar-refractivity contribution in [2.75, 3.05) is 26.7 Å². The van der Waals surface area contributed by atoms with Crippen LogP contribution in [-0.2, 0) is 14.3 Å². The van der Waals surface area contributed by atoms with E-state index in [2.05, 4.69) is 15.4 Å². The molecule has 0 aromatic rings. The maximum atomic E-state index is 11.6. The third-order valence-corrected chi connectivity index (χ3v) is 2.52. The van der Waals surface area contributed by atoms with Crippen molar-refractivity contribution >= 4 is 24.3 Å². The third-order valence-electron chi connectivity index (χ3n) is 2.52. The van der Waals surface area contributed by atoms with Gasteiger partial charge in [-0.05, 0) is 19.4 Å². The summed E-state index contributed by atoms with van der Waals surface area (Å²) in [4.78, 5) is 22.3. The summed E-state index contributed by atoms with van der Waals surface area (Å²) in [6.45, 7) is 2.10. The van der Waals surface area contributed by atoms with Crippen LogP contribution in [0.1, 0.15) is 19.3 Å². The van der Waals surface area contributed by atoms with Crippen LogP contribution in [0.15, 0.2) is 0 Å². The van der Waals surface area contributed by atoms with E-state index in [1.165, 1.54) is 7.11 Å². The minimum atomic E-state index is -0.294. The number of amides is 1. The highest BCUT2D eigenvalue weighted by atomic mass is 35.5.